The lowest BCUT2D eigenvalue weighted by atomic mass is 9.72. The summed E-state index contributed by atoms with van der Waals surface area (Å²) in [5.74, 6) is 2.41. The first-order valence-corrected chi connectivity index (χ1v) is 13.9. The van der Waals surface area contributed by atoms with E-state index in [2.05, 4.69) is 111 Å². The van der Waals surface area contributed by atoms with Gasteiger partial charge in [0.15, 0.2) is 0 Å². The van der Waals surface area contributed by atoms with Gasteiger partial charge in [0.2, 0.25) is 0 Å². The lowest BCUT2D eigenvalue weighted by Crippen LogP contribution is -2.35. The van der Waals surface area contributed by atoms with Crippen molar-refractivity contribution in [2.24, 2.45) is 11.8 Å². The Bertz CT molecular complexity index is 1220. The highest BCUT2D eigenvalue weighted by Gasteiger charge is 2.31. The Hall–Kier alpha value is -3.39. The van der Waals surface area contributed by atoms with E-state index in [9.17, 15) is 0 Å². The molecule has 2 heteroatoms. The summed E-state index contributed by atoms with van der Waals surface area (Å²) in [5.41, 5.74) is 9.99. The van der Waals surface area contributed by atoms with Crippen molar-refractivity contribution < 1.29 is 0 Å². The molecule has 3 aromatic rings. The molecule has 2 aromatic carbocycles. The predicted octanol–water partition coefficient (Wildman–Crippen LogP) is 8.67. The van der Waals surface area contributed by atoms with Gasteiger partial charge in [-0.05, 0) is 85.3 Å². The Morgan fingerprint density at radius 3 is 2.08 bits per heavy atom. The highest BCUT2D eigenvalue weighted by atomic mass is 15.2. The Morgan fingerprint density at radius 2 is 1.54 bits per heavy atom. The van der Waals surface area contributed by atoms with Gasteiger partial charge >= 0.3 is 0 Å². The number of hydrogen-bond donors (Lipinski definition) is 0. The molecular formula is C35H40N2. The second kappa shape index (κ2) is 11.3. The summed E-state index contributed by atoms with van der Waals surface area (Å²) >= 11 is 0. The van der Waals surface area contributed by atoms with Crippen LogP contribution in [0.4, 0.5) is 5.82 Å². The van der Waals surface area contributed by atoms with Crippen LogP contribution in [-0.2, 0) is 0 Å². The predicted molar refractivity (Wildman–Crippen MR) is 157 cm³/mol. The number of piperidine rings is 1. The van der Waals surface area contributed by atoms with Gasteiger partial charge in [-0.3, -0.25) is 0 Å². The largest absolute Gasteiger partial charge is 0.357 e. The quantitative estimate of drug-likeness (QED) is 0.323. The molecule has 2 aliphatic rings. The molecule has 0 N–H and O–H groups in total. The van der Waals surface area contributed by atoms with Gasteiger partial charge in [-0.2, -0.15) is 0 Å². The summed E-state index contributed by atoms with van der Waals surface area (Å²) in [6.07, 6.45) is 9.05. The van der Waals surface area contributed by atoms with Crippen molar-refractivity contribution in [2.75, 3.05) is 18.0 Å². The average Bonchev–Trinajstić information content (AvgIpc) is 2.92. The first-order chi connectivity index (χ1) is 18.0. The zero-order valence-corrected chi connectivity index (χ0v) is 22.7. The van der Waals surface area contributed by atoms with Crippen molar-refractivity contribution in [3.8, 4) is 0 Å². The van der Waals surface area contributed by atoms with Crippen LogP contribution in [0.15, 0.2) is 114 Å². The second-order valence-corrected chi connectivity index (χ2v) is 11.1. The van der Waals surface area contributed by atoms with Gasteiger partial charge in [-0.1, -0.05) is 97.5 Å². The van der Waals surface area contributed by atoms with Crippen LogP contribution in [0.3, 0.4) is 0 Å². The number of anilines is 1. The van der Waals surface area contributed by atoms with E-state index in [1.165, 1.54) is 27.8 Å². The Kier molecular flexibility index (Phi) is 7.74. The number of hydrogen-bond acceptors (Lipinski definition) is 2. The van der Waals surface area contributed by atoms with Crippen LogP contribution in [0.5, 0.6) is 0 Å². The van der Waals surface area contributed by atoms with Crippen LogP contribution < -0.4 is 4.90 Å². The molecule has 0 amide bonds. The molecule has 190 valence electrons. The third kappa shape index (κ3) is 5.80. The zero-order chi connectivity index (χ0) is 25.8. The highest BCUT2D eigenvalue weighted by Crippen LogP contribution is 2.43. The van der Waals surface area contributed by atoms with E-state index in [4.69, 9.17) is 4.98 Å². The molecule has 0 spiro atoms. The first-order valence-electron chi connectivity index (χ1n) is 13.9. The number of allylic oxidation sites excluding steroid dienone is 5. The fraction of sp³-hybridized carbons (Fsp3) is 0.343. The Morgan fingerprint density at radius 1 is 0.919 bits per heavy atom. The van der Waals surface area contributed by atoms with Gasteiger partial charge < -0.3 is 4.90 Å². The summed E-state index contributed by atoms with van der Waals surface area (Å²) in [6, 6.07) is 26.4. The fourth-order valence-corrected chi connectivity index (χ4v) is 6.43. The SMILES string of the molecule is C=C1CC(C)=C(/C(=C\C(c2ccccc2)c2ccccc2)C2CCN(c3ccc(C)cn3)CC2)C(C)C1. The molecule has 5 rings (SSSR count). The van der Waals surface area contributed by atoms with Crippen LogP contribution >= 0.6 is 0 Å². The molecule has 37 heavy (non-hydrogen) atoms. The molecule has 2 nitrogen and oxygen atoms in total. The fourth-order valence-electron chi connectivity index (χ4n) is 6.43. The molecule has 0 saturated carbocycles. The highest BCUT2D eigenvalue weighted by molar-refractivity contribution is 5.48. The minimum atomic E-state index is 0.242. The van der Waals surface area contributed by atoms with Crippen LogP contribution in [0, 0.1) is 18.8 Å². The summed E-state index contributed by atoms with van der Waals surface area (Å²) in [5, 5.41) is 0. The molecule has 0 radical (unpaired) electrons. The standard InChI is InChI=1S/C35H40N2/c1-25-15-16-34(36-24-25)37-19-17-31(18-20-37)33(35-27(3)21-26(2)22-28(35)4)23-32(29-11-7-5-8-12-29)30-13-9-6-10-14-30/h5-16,23-24,27,31-32H,2,17-22H2,1,3-4H3/b33-23-. The Balaban J connectivity index is 1.53. The molecule has 0 bridgehead atoms. The van der Waals surface area contributed by atoms with Gasteiger partial charge in [0.1, 0.15) is 5.82 Å². The third-order valence-electron chi connectivity index (χ3n) is 8.19. The van der Waals surface area contributed by atoms with Crippen molar-refractivity contribution in [3.63, 3.8) is 0 Å². The van der Waals surface area contributed by atoms with Gasteiger partial charge in [0.05, 0.1) is 0 Å². The van der Waals surface area contributed by atoms with Crippen molar-refractivity contribution in [1.82, 2.24) is 4.98 Å². The van der Waals surface area contributed by atoms with E-state index in [1.54, 1.807) is 11.1 Å². The van der Waals surface area contributed by atoms with E-state index < -0.39 is 0 Å². The summed E-state index contributed by atoms with van der Waals surface area (Å²) in [4.78, 5) is 7.18. The number of rotatable bonds is 6. The molecule has 1 aromatic heterocycles. The average molecular weight is 489 g/mol. The molecule has 1 fully saturated rings. The van der Waals surface area contributed by atoms with Crippen molar-refractivity contribution >= 4 is 5.82 Å². The first kappa shape index (κ1) is 25.3. The maximum absolute atomic E-state index is 4.71. The smallest absolute Gasteiger partial charge is 0.128 e. The van der Waals surface area contributed by atoms with Gasteiger partial charge in [-0.15, -0.1) is 0 Å². The topological polar surface area (TPSA) is 16.1 Å². The summed E-state index contributed by atoms with van der Waals surface area (Å²) in [7, 11) is 0. The summed E-state index contributed by atoms with van der Waals surface area (Å²) < 4.78 is 0. The number of aryl methyl sites for hydroxylation is 1. The molecule has 1 aliphatic heterocycles. The lowest BCUT2D eigenvalue weighted by Gasteiger charge is -2.38. The molecule has 1 aliphatic carbocycles. The second-order valence-electron chi connectivity index (χ2n) is 11.1. The lowest BCUT2D eigenvalue weighted by molar-refractivity contribution is 0.447. The molecular weight excluding hydrogens is 448 g/mol. The maximum atomic E-state index is 4.71. The van der Waals surface area contributed by atoms with Crippen molar-refractivity contribution in [1.29, 1.82) is 0 Å². The van der Waals surface area contributed by atoms with E-state index in [1.807, 2.05) is 6.20 Å². The van der Waals surface area contributed by atoms with Crippen molar-refractivity contribution in [3.05, 3.63) is 131 Å². The normalized spacial score (nSPS) is 19.6. The molecule has 1 atom stereocenters. The van der Waals surface area contributed by atoms with E-state index in [0.29, 0.717) is 11.8 Å². The van der Waals surface area contributed by atoms with Gasteiger partial charge in [0.25, 0.3) is 0 Å². The van der Waals surface area contributed by atoms with Crippen molar-refractivity contribution in [2.45, 2.75) is 52.4 Å². The number of benzene rings is 2. The third-order valence-corrected chi connectivity index (χ3v) is 8.19. The molecule has 2 heterocycles. The van der Waals surface area contributed by atoms with E-state index in [-0.39, 0.29) is 5.92 Å². The summed E-state index contributed by atoms with van der Waals surface area (Å²) in [6.45, 7) is 13.3. The zero-order valence-electron chi connectivity index (χ0n) is 22.7. The minimum absolute atomic E-state index is 0.242. The van der Waals surface area contributed by atoms with Gasteiger partial charge in [-0.25, -0.2) is 4.98 Å². The number of aromatic nitrogens is 1. The van der Waals surface area contributed by atoms with Crippen LogP contribution in [-0.4, -0.2) is 18.1 Å². The van der Waals surface area contributed by atoms with E-state index in [0.717, 1.165) is 44.6 Å². The van der Waals surface area contributed by atoms with Gasteiger partial charge in [0, 0.05) is 25.2 Å². The van der Waals surface area contributed by atoms with Crippen LogP contribution in [0.25, 0.3) is 0 Å². The number of pyridine rings is 1. The van der Waals surface area contributed by atoms with Crippen LogP contribution in [0.2, 0.25) is 0 Å². The Labute approximate surface area is 223 Å². The maximum Gasteiger partial charge on any atom is 0.128 e. The molecule has 1 unspecified atom stereocenters. The monoisotopic (exact) mass is 488 g/mol. The minimum Gasteiger partial charge on any atom is -0.357 e. The van der Waals surface area contributed by atoms with E-state index >= 15 is 0 Å². The van der Waals surface area contributed by atoms with Crippen LogP contribution in [0.1, 0.15) is 62.1 Å². The molecule has 1 saturated heterocycles. The number of nitrogens with zero attached hydrogens (tertiary/aromatic N) is 2.